The van der Waals surface area contributed by atoms with Gasteiger partial charge in [-0.05, 0) is 30.5 Å². The van der Waals surface area contributed by atoms with Crippen LogP contribution in [0, 0.1) is 0 Å². The van der Waals surface area contributed by atoms with Gasteiger partial charge in [0.1, 0.15) is 7.05 Å². The summed E-state index contributed by atoms with van der Waals surface area (Å²) in [5, 5.41) is 2.74. The molecule has 1 aliphatic rings. The van der Waals surface area contributed by atoms with E-state index in [1.165, 1.54) is 38.2 Å². The lowest BCUT2D eigenvalue weighted by atomic mass is 9.98. The van der Waals surface area contributed by atoms with Gasteiger partial charge in [0.05, 0.1) is 10.9 Å². The minimum Gasteiger partial charge on any atom is -0.194 e. The highest BCUT2D eigenvalue weighted by atomic mass is 32.2. The van der Waals surface area contributed by atoms with Crippen LogP contribution < -0.4 is 0 Å². The first-order valence-electron chi connectivity index (χ1n) is 7.07. The number of nitrogens with zero attached hydrogens (tertiary/aromatic N) is 1. The van der Waals surface area contributed by atoms with Crippen molar-refractivity contribution in [3.05, 3.63) is 71.8 Å². The van der Waals surface area contributed by atoms with Gasteiger partial charge >= 0.3 is 0 Å². The summed E-state index contributed by atoms with van der Waals surface area (Å²) in [5.74, 6) is 0. The van der Waals surface area contributed by atoms with Crippen LogP contribution in [-0.2, 0) is 0 Å². The van der Waals surface area contributed by atoms with Gasteiger partial charge in [-0.15, -0.1) is 11.8 Å². The minimum absolute atomic E-state index is 1.27. The molecule has 3 aromatic carbocycles. The average molecular weight is 290 g/mol. The van der Waals surface area contributed by atoms with Gasteiger partial charge < -0.3 is 0 Å². The molecule has 0 unspecified atom stereocenters. The van der Waals surface area contributed by atoms with E-state index >= 15 is 0 Å². The molecular formula is C19H16NS+. The molecule has 1 nitrogen and oxygen atoms in total. The fourth-order valence-electron chi connectivity index (χ4n) is 3.26. The number of hydrogen-bond acceptors (Lipinski definition) is 1. The summed E-state index contributed by atoms with van der Waals surface area (Å²) in [4.78, 5) is 1.35. The van der Waals surface area contributed by atoms with Crippen LogP contribution in [0.15, 0.2) is 65.6 Å². The van der Waals surface area contributed by atoms with Crippen LogP contribution in [0.3, 0.4) is 0 Å². The average Bonchev–Trinajstić information content (AvgIpc) is 2.83. The van der Waals surface area contributed by atoms with Crippen molar-refractivity contribution >= 4 is 33.9 Å². The van der Waals surface area contributed by atoms with E-state index in [9.17, 15) is 0 Å². The first-order chi connectivity index (χ1) is 10.3. The van der Waals surface area contributed by atoms with Crippen LogP contribution in [0.25, 0.3) is 10.8 Å². The molecule has 0 amide bonds. The molecule has 21 heavy (non-hydrogen) atoms. The highest BCUT2D eigenvalue weighted by Crippen LogP contribution is 2.39. The number of benzene rings is 3. The van der Waals surface area contributed by atoms with Gasteiger partial charge in [0, 0.05) is 21.9 Å². The van der Waals surface area contributed by atoms with Gasteiger partial charge in [-0.3, -0.25) is 0 Å². The van der Waals surface area contributed by atoms with Crippen LogP contribution in [0.5, 0.6) is 0 Å². The maximum Gasteiger partial charge on any atom is 0.220 e. The Bertz CT molecular complexity index is 879. The Kier molecular flexibility index (Phi) is 2.86. The summed E-state index contributed by atoms with van der Waals surface area (Å²) >= 11 is 1.81. The van der Waals surface area contributed by atoms with Crippen molar-refractivity contribution in [2.75, 3.05) is 13.3 Å². The predicted octanol–water partition coefficient (Wildman–Crippen LogP) is 4.69. The van der Waals surface area contributed by atoms with E-state index in [-0.39, 0.29) is 0 Å². The highest BCUT2D eigenvalue weighted by Gasteiger charge is 2.31. The zero-order chi connectivity index (χ0) is 14.4. The molecule has 0 N–H and O–H groups in total. The molecule has 4 rings (SSSR count). The van der Waals surface area contributed by atoms with Crippen molar-refractivity contribution < 1.29 is 4.58 Å². The summed E-state index contributed by atoms with van der Waals surface area (Å²) in [7, 11) is 2.16. The fourth-order valence-corrected chi connectivity index (χ4v) is 3.86. The number of thioether (sulfide) groups is 1. The van der Waals surface area contributed by atoms with Crippen molar-refractivity contribution in [2.24, 2.45) is 0 Å². The molecule has 2 heteroatoms. The second kappa shape index (κ2) is 4.74. The third-order valence-electron chi connectivity index (χ3n) is 4.20. The molecule has 1 aliphatic heterocycles. The third-order valence-corrected chi connectivity index (χ3v) is 4.99. The van der Waals surface area contributed by atoms with Crippen LogP contribution in [0.2, 0.25) is 0 Å². The second-order valence-electron chi connectivity index (χ2n) is 5.29. The van der Waals surface area contributed by atoms with Crippen molar-refractivity contribution in [2.45, 2.75) is 4.90 Å². The number of rotatable bonds is 2. The molecule has 0 saturated carbocycles. The Morgan fingerprint density at radius 1 is 0.857 bits per heavy atom. The highest BCUT2D eigenvalue weighted by molar-refractivity contribution is 7.98. The first kappa shape index (κ1) is 12.7. The molecule has 0 atom stereocenters. The molecule has 0 saturated heterocycles. The summed E-state index contributed by atoms with van der Waals surface area (Å²) in [6.07, 6.45) is 2.14. The molecule has 1 heterocycles. The summed E-state index contributed by atoms with van der Waals surface area (Å²) in [6.45, 7) is 0. The number of hydrogen-bond donors (Lipinski definition) is 0. The molecular weight excluding hydrogens is 274 g/mol. The third kappa shape index (κ3) is 1.76. The van der Waals surface area contributed by atoms with Crippen molar-refractivity contribution in [3.8, 4) is 0 Å². The topological polar surface area (TPSA) is 3.01 Å². The molecule has 3 aromatic rings. The Labute approximate surface area is 128 Å². The zero-order valence-electron chi connectivity index (χ0n) is 12.1. The monoisotopic (exact) mass is 290 g/mol. The van der Waals surface area contributed by atoms with Crippen LogP contribution in [0.4, 0.5) is 5.69 Å². The van der Waals surface area contributed by atoms with E-state index in [0.29, 0.717) is 0 Å². The van der Waals surface area contributed by atoms with Crippen LogP contribution in [0.1, 0.15) is 11.1 Å². The van der Waals surface area contributed by atoms with Gasteiger partial charge in [0.25, 0.3) is 0 Å². The Balaban J connectivity index is 2.08. The van der Waals surface area contributed by atoms with Crippen LogP contribution in [-0.4, -0.2) is 23.6 Å². The molecule has 102 valence electrons. The van der Waals surface area contributed by atoms with Crippen molar-refractivity contribution in [1.82, 2.24) is 0 Å². The normalized spacial score (nSPS) is 13.2. The minimum atomic E-state index is 1.27. The van der Waals surface area contributed by atoms with Gasteiger partial charge in [0.15, 0.2) is 0 Å². The molecule has 0 spiro atoms. The van der Waals surface area contributed by atoms with E-state index in [0.717, 1.165) is 0 Å². The van der Waals surface area contributed by atoms with Gasteiger partial charge in [0.2, 0.25) is 11.4 Å². The van der Waals surface area contributed by atoms with E-state index in [1.54, 1.807) is 0 Å². The molecule has 0 fully saturated rings. The lowest BCUT2D eigenvalue weighted by Gasteiger charge is -2.04. The SMILES string of the molecule is CSc1ccc2c3c(cccc13)[N+](C)=C2c1ccccc1. The maximum atomic E-state index is 2.32. The second-order valence-corrected chi connectivity index (χ2v) is 6.14. The van der Waals surface area contributed by atoms with Crippen molar-refractivity contribution in [3.63, 3.8) is 0 Å². The molecule has 0 radical (unpaired) electrons. The Morgan fingerprint density at radius 2 is 1.67 bits per heavy atom. The first-order valence-corrected chi connectivity index (χ1v) is 8.30. The van der Waals surface area contributed by atoms with E-state index in [4.69, 9.17) is 0 Å². The van der Waals surface area contributed by atoms with Crippen LogP contribution >= 0.6 is 11.8 Å². The summed E-state index contributed by atoms with van der Waals surface area (Å²) in [6, 6.07) is 21.8. The maximum absolute atomic E-state index is 2.32. The molecule has 0 aromatic heterocycles. The quantitative estimate of drug-likeness (QED) is 0.489. The van der Waals surface area contributed by atoms with Crippen molar-refractivity contribution in [1.29, 1.82) is 0 Å². The standard InChI is InChI=1S/C19H16NS/c1-20-16-10-6-9-14-17(21-2)12-11-15(18(14)16)19(20)13-7-4-3-5-8-13/h3-12H,1-2H3/q+1. The van der Waals surface area contributed by atoms with Gasteiger partial charge in [-0.25, -0.2) is 0 Å². The zero-order valence-corrected chi connectivity index (χ0v) is 12.9. The van der Waals surface area contributed by atoms with E-state index in [2.05, 4.69) is 78.5 Å². The molecule has 0 aliphatic carbocycles. The van der Waals surface area contributed by atoms with Gasteiger partial charge in [-0.2, -0.15) is 4.58 Å². The lowest BCUT2D eigenvalue weighted by molar-refractivity contribution is -0.399. The largest absolute Gasteiger partial charge is 0.220 e. The molecule has 0 bridgehead atoms. The fraction of sp³-hybridized carbons (Fsp3) is 0.105. The Morgan fingerprint density at radius 3 is 2.43 bits per heavy atom. The summed E-state index contributed by atoms with van der Waals surface area (Å²) in [5.41, 5.74) is 5.22. The lowest BCUT2D eigenvalue weighted by Crippen LogP contribution is -2.10. The smallest absolute Gasteiger partial charge is 0.194 e. The van der Waals surface area contributed by atoms with E-state index in [1.807, 2.05) is 11.8 Å². The van der Waals surface area contributed by atoms with E-state index < -0.39 is 0 Å². The van der Waals surface area contributed by atoms with Gasteiger partial charge in [-0.1, -0.05) is 30.3 Å². The summed E-state index contributed by atoms with van der Waals surface area (Å²) < 4.78 is 2.32. The Hall–Kier alpha value is -2.06. The predicted molar refractivity (Wildman–Crippen MR) is 91.2 cm³/mol.